The first-order valence-electron chi connectivity index (χ1n) is 3.89. The minimum atomic E-state index is -4.04. The second kappa shape index (κ2) is 4.57. The normalized spacial score (nSPS) is 14.2. The van der Waals surface area contributed by atoms with Crippen molar-refractivity contribution in [3.8, 4) is 0 Å². The Bertz CT molecular complexity index is 242. The van der Waals surface area contributed by atoms with E-state index < -0.39 is 15.4 Å². The number of hydrogen-bond donors (Lipinski definition) is 1. The van der Waals surface area contributed by atoms with Crippen molar-refractivity contribution in [1.82, 2.24) is 0 Å². The van der Waals surface area contributed by atoms with Crippen LogP contribution in [0.15, 0.2) is 0 Å². The summed E-state index contributed by atoms with van der Waals surface area (Å²) in [7, 11) is -4.04. The first-order chi connectivity index (χ1) is 5.41. The maximum absolute atomic E-state index is 10.9. The molecule has 0 rings (SSSR count). The Morgan fingerprint density at radius 2 is 1.92 bits per heavy atom. The quantitative estimate of drug-likeness (QED) is 0.663. The standard InChI is InChI=1S/C7H14O4S/c1-3-6(8)5-7(4-2)12(9,10)11/h7H,3-5H2,1-2H3,(H,9,10,11). The summed E-state index contributed by atoms with van der Waals surface area (Å²) >= 11 is 0. The first kappa shape index (κ1) is 11.6. The predicted molar refractivity (Wildman–Crippen MR) is 45.5 cm³/mol. The van der Waals surface area contributed by atoms with Crippen LogP contribution in [0.25, 0.3) is 0 Å². The van der Waals surface area contributed by atoms with Crippen LogP contribution < -0.4 is 0 Å². The zero-order valence-electron chi connectivity index (χ0n) is 7.28. The second-order valence-electron chi connectivity index (χ2n) is 2.64. The Kier molecular flexibility index (Phi) is 4.41. The van der Waals surface area contributed by atoms with E-state index in [0.29, 0.717) is 6.42 Å². The van der Waals surface area contributed by atoms with Gasteiger partial charge in [0.25, 0.3) is 10.1 Å². The fourth-order valence-electron chi connectivity index (χ4n) is 0.859. The van der Waals surface area contributed by atoms with Gasteiger partial charge in [-0.15, -0.1) is 0 Å². The van der Waals surface area contributed by atoms with Gasteiger partial charge in [0.2, 0.25) is 0 Å². The molecule has 0 spiro atoms. The molecule has 1 unspecified atom stereocenters. The zero-order valence-corrected chi connectivity index (χ0v) is 8.10. The van der Waals surface area contributed by atoms with Crippen molar-refractivity contribution in [1.29, 1.82) is 0 Å². The van der Waals surface area contributed by atoms with Crippen molar-refractivity contribution in [2.24, 2.45) is 0 Å². The molecule has 0 aromatic carbocycles. The van der Waals surface area contributed by atoms with Crippen molar-refractivity contribution in [3.63, 3.8) is 0 Å². The molecule has 12 heavy (non-hydrogen) atoms. The van der Waals surface area contributed by atoms with Gasteiger partial charge in [-0.25, -0.2) is 0 Å². The van der Waals surface area contributed by atoms with E-state index in [2.05, 4.69) is 0 Å². The van der Waals surface area contributed by atoms with Crippen LogP contribution in [-0.2, 0) is 14.9 Å². The average Bonchev–Trinajstić information content (AvgIpc) is 1.97. The molecule has 1 N–H and O–H groups in total. The number of carbonyl (C=O) groups is 1. The highest BCUT2D eigenvalue weighted by atomic mass is 32.2. The zero-order chi connectivity index (χ0) is 9.78. The number of ketones is 1. The van der Waals surface area contributed by atoms with Gasteiger partial charge in [0.1, 0.15) is 5.78 Å². The molecule has 0 aliphatic heterocycles. The lowest BCUT2D eigenvalue weighted by atomic mass is 10.1. The van der Waals surface area contributed by atoms with Crippen LogP contribution in [0.2, 0.25) is 0 Å². The molecule has 0 amide bonds. The minimum absolute atomic E-state index is 0.0775. The highest BCUT2D eigenvalue weighted by Gasteiger charge is 2.22. The van der Waals surface area contributed by atoms with Crippen molar-refractivity contribution < 1.29 is 17.8 Å². The molecule has 0 saturated carbocycles. The van der Waals surface area contributed by atoms with Crippen LogP contribution in [0.5, 0.6) is 0 Å². The summed E-state index contributed by atoms with van der Waals surface area (Å²) in [4.78, 5) is 10.9. The summed E-state index contributed by atoms with van der Waals surface area (Å²) in [6.07, 6.45) is 0.502. The van der Waals surface area contributed by atoms with Gasteiger partial charge in [0, 0.05) is 12.8 Å². The van der Waals surface area contributed by atoms with E-state index in [1.54, 1.807) is 13.8 Å². The molecular formula is C7H14O4S. The third-order valence-electron chi connectivity index (χ3n) is 1.73. The van der Waals surface area contributed by atoms with E-state index in [1.807, 2.05) is 0 Å². The second-order valence-corrected chi connectivity index (χ2v) is 4.34. The molecule has 0 aliphatic rings. The topological polar surface area (TPSA) is 71.4 Å². The number of carbonyl (C=O) groups excluding carboxylic acids is 1. The molecule has 0 heterocycles. The maximum atomic E-state index is 10.9. The fourth-order valence-corrected chi connectivity index (χ4v) is 1.68. The molecule has 0 radical (unpaired) electrons. The van der Waals surface area contributed by atoms with Gasteiger partial charge in [-0.1, -0.05) is 13.8 Å². The molecule has 0 aromatic rings. The summed E-state index contributed by atoms with van der Waals surface area (Å²) in [6.45, 7) is 3.29. The third-order valence-corrected chi connectivity index (χ3v) is 3.07. The molecule has 0 fully saturated rings. The fraction of sp³-hybridized carbons (Fsp3) is 0.857. The van der Waals surface area contributed by atoms with Crippen LogP contribution in [0.1, 0.15) is 33.1 Å². The minimum Gasteiger partial charge on any atom is -0.300 e. The van der Waals surface area contributed by atoms with E-state index in [4.69, 9.17) is 4.55 Å². The van der Waals surface area contributed by atoms with Gasteiger partial charge in [0.05, 0.1) is 5.25 Å². The van der Waals surface area contributed by atoms with Crippen molar-refractivity contribution in [3.05, 3.63) is 0 Å². The molecule has 1 atom stereocenters. The Balaban J connectivity index is 4.30. The maximum Gasteiger partial charge on any atom is 0.268 e. The number of hydrogen-bond acceptors (Lipinski definition) is 3. The van der Waals surface area contributed by atoms with Crippen LogP contribution in [0, 0.1) is 0 Å². The van der Waals surface area contributed by atoms with E-state index in [9.17, 15) is 13.2 Å². The van der Waals surface area contributed by atoms with Gasteiger partial charge in [-0.2, -0.15) is 8.42 Å². The highest BCUT2D eigenvalue weighted by Crippen LogP contribution is 2.09. The lowest BCUT2D eigenvalue weighted by Gasteiger charge is -2.08. The van der Waals surface area contributed by atoms with E-state index in [0.717, 1.165) is 0 Å². The third kappa shape index (κ3) is 3.82. The van der Waals surface area contributed by atoms with Gasteiger partial charge < -0.3 is 0 Å². The largest absolute Gasteiger partial charge is 0.300 e. The predicted octanol–water partition coefficient (Wildman–Crippen LogP) is 1.02. The highest BCUT2D eigenvalue weighted by molar-refractivity contribution is 7.86. The monoisotopic (exact) mass is 194 g/mol. The molecule has 0 bridgehead atoms. The molecular weight excluding hydrogens is 180 g/mol. The van der Waals surface area contributed by atoms with Gasteiger partial charge in [-0.05, 0) is 6.42 Å². The number of rotatable bonds is 5. The Labute approximate surface area is 72.7 Å². The molecule has 72 valence electrons. The van der Waals surface area contributed by atoms with Crippen LogP contribution >= 0.6 is 0 Å². The van der Waals surface area contributed by atoms with E-state index >= 15 is 0 Å². The Morgan fingerprint density at radius 1 is 1.42 bits per heavy atom. The molecule has 0 aliphatic carbocycles. The van der Waals surface area contributed by atoms with Gasteiger partial charge >= 0.3 is 0 Å². The lowest BCUT2D eigenvalue weighted by molar-refractivity contribution is -0.118. The Morgan fingerprint density at radius 3 is 2.17 bits per heavy atom. The summed E-state index contributed by atoms with van der Waals surface area (Å²) < 4.78 is 29.9. The summed E-state index contributed by atoms with van der Waals surface area (Å²) in [5.41, 5.74) is 0. The van der Waals surface area contributed by atoms with Crippen molar-refractivity contribution in [2.45, 2.75) is 38.4 Å². The van der Waals surface area contributed by atoms with Gasteiger partial charge in [-0.3, -0.25) is 9.35 Å². The SMILES string of the molecule is CCC(=O)CC(CC)S(=O)(=O)O. The van der Waals surface area contributed by atoms with Crippen LogP contribution in [-0.4, -0.2) is 24.0 Å². The number of Topliss-reactive ketones (excluding diaryl/α,β-unsaturated/α-hetero) is 1. The van der Waals surface area contributed by atoms with Crippen LogP contribution in [0.3, 0.4) is 0 Å². The van der Waals surface area contributed by atoms with E-state index in [-0.39, 0.29) is 18.6 Å². The first-order valence-corrected chi connectivity index (χ1v) is 5.40. The molecule has 5 heteroatoms. The Hall–Kier alpha value is -0.420. The van der Waals surface area contributed by atoms with E-state index in [1.165, 1.54) is 0 Å². The van der Waals surface area contributed by atoms with Gasteiger partial charge in [0.15, 0.2) is 0 Å². The van der Waals surface area contributed by atoms with Crippen molar-refractivity contribution >= 4 is 15.9 Å². The summed E-state index contributed by atoms with van der Waals surface area (Å²) in [6, 6.07) is 0. The molecule has 0 saturated heterocycles. The summed E-state index contributed by atoms with van der Waals surface area (Å²) in [5.74, 6) is -0.139. The van der Waals surface area contributed by atoms with Crippen LogP contribution in [0.4, 0.5) is 0 Å². The lowest BCUT2D eigenvalue weighted by Crippen LogP contribution is -2.22. The smallest absolute Gasteiger partial charge is 0.268 e. The molecule has 4 nitrogen and oxygen atoms in total. The molecule has 0 aromatic heterocycles. The average molecular weight is 194 g/mol. The summed E-state index contributed by atoms with van der Waals surface area (Å²) in [5, 5.41) is -0.926. The van der Waals surface area contributed by atoms with Crippen molar-refractivity contribution in [2.75, 3.05) is 0 Å².